The second-order valence-corrected chi connectivity index (χ2v) is 6.41. The average molecular weight is 362 g/mol. The highest BCUT2D eigenvalue weighted by Gasteiger charge is 2.38. The van der Waals surface area contributed by atoms with Crippen LogP contribution in [0.1, 0.15) is 16.7 Å². The van der Waals surface area contributed by atoms with Gasteiger partial charge in [-0.1, -0.05) is 24.3 Å². The lowest BCUT2D eigenvalue weighted by Crippen LogP contribution is -2.32. The molecule has 1 aliphatic rings. The van der Waals surface area contributed by atoms with Crippen molar-refractivity contribution < 1.29 is 14.3 Å². The predicted octanol–water partition coefficient (Wildman–Crippen LogP) is 3.69. The fraction of sp³-hybridized carbons (Fsp3) is 0.182. The number of anilines is 1. The largest absolute Gasteiger partial charge is 0.497 e. The molecule has 138 valence electrons. The maximum Gasteiger partial charge on any atom is 0.278 e. The van der Waals surface area contributed by atoms with Crippen LogP contribution < -0.4 is 10.1 Å². The standard InChI is InChI=1S/C22H22N2O3/c1-5-12-24-21(25)19(16-7-6-14(2)15(3)13-16)20(22(24)26)23-17-8-10-18(27-4)11-9-17/h5-11,13,23H,1,12H2,2-4H3. The van der Waals surface area contributed by atoms with Crippen LogP contribution in [0.4, 0.5) is 5.69 Å². The van der Waals surface area contributed by atoms with Crippen molar-refractivity contribution in [2.24, 2.45) is 0 Å². The fourth-order valence-electron chi connectivity index (χ4n) is 2.97. The second kappa shape index (κ2) is 7.50. The number of carbonyl (C=O) groups is 2. The van der Waals surface area contributed by atoms with Gasteiger partial charge in [-0.2, -0.15) is 0 Å². The summed E-state index contributed by atoms with van der Waals surface area (Å²) in [6.07, 6.45) is 1.55. The molecule has 0 aromatic heterocycles. The third kappa shape index (κ3) is 3.49. The Balaban J connectivity index is 2.07. The first-order valence-electron chi connectivity index (χ1n) is 8.66. The summed E-state index contributed by atoms with van der Waals surface area (Å²) in [4.78, 5) is 27.0. The zero-order chi connectivity index (χ0) is 19.6. The number of carbonyl (C=O) groups excluding carboxylic acids is 2. The number of methoxy groups -OCH3 is 1. The number of ether oxygens (including phenoxy) is 1. The first-order chi connectivity index (χ1) is 13.0. The molecule has 0 spiro atoms. The van der Waals surface area contributed by atoms with Gasteiger partial charge < -0.3 is 10.1 Å². The van der Waals surface area contributed by atoms with Crippen LogP contribution in [0.5, 0.6) is 5.75 Å². The van der Waals surface area contributed by atoms with E-state index in [0.29, 0.717) is 17.0 Å². The molecule has 0 atom stereocenters. The Hall–Kier alpha value is -3.34. The number of imide groups is 1. The van der Waals surface area contributed by atoms with Gasteiger partial charge >= 0.3 is 0 Å². The first-order valence-corrected chi connectivity index (χ1v) is 8.66. The Kier molecular flexibility index (Phi) is 5.12. The summed E-state index contributed by atoms with van der Waals surface area (Å²) in [6.45, 7) is 7.81. The zero-order valence-corrected chi connectivity index (χ0v) is 15.7. The molecule has 27 heavy (non-hydrogen) atoms. The number of amides is 2. The summed E-state index contributed by atoms with van der Waals surface area (Å²) in [5, 5.41) is 3.12. The molecule has 0 radical (unpaired) electrons. The molecular weight excluding hydrogens is 340 g/mol. The molecule has 1 N–H and O–H groups in total. The van der Waals surface area contributed by atoms with Crippen LogP contribution in [0.25, 0.3) is 5.57 Å². The summed E-state index contributed by atoms with van der Waals surface area (Å²) in [7, 11) is 1.59. The number of benzene rings is 2. The van der Waals surface area contributed by atoms with E-state index in [0.717, 1.165) is 16.7 Å². The van der Waals surface area contributed by atoms with Gasteiger partial charge in [0.15, 0.2) is 0 Å². The fourth-order valence-corrected chi connectivity index (χ4v) is 2.97. The van der Waals surface area contributed by atoms with Crippen molar-refractivity contribution in [1.29, 1.82) is 0 Å². The number of hydrogen-bond acceptors (Lipinski definition) is 4. The second-order valence-electron chi connectivity index (χ2n) is 6.41. The van der Waals surface area contributed by atoms with Crippen molar-refractivity contribution in [2.45, 2.75) is 13.8 Å². The van der Waals surface area contributed by atoms with E-state index >= 15 is 0 Å². The maximum absolute atomic E-state index is 12.9. The minimum atomic E-state index is -0.357. The molecule has 5 nitrogen and oxygen atoms in total. The van der Waals surface area contributed by atoms with E-state index in [1.54, 1.807) is 37.5 Å². The number of rotatable bonds is 6. The van der Waals surface area contributed by atoms with E-state index in [9.17, 15) is 9.59 Å². The van der Waals surface area contributed by atoms with E-state index < -0.39 is 0 Å². The van der Waals surface area contributed by atoms with Crippen LogP contribution in [0.3, 0.4) is 0 Å². The molecule has 2 amide bonds. The minimum Gasteiger partial charge on any atom is -0.497 e. The summed E-state index contributed by atoms with van der Waals surface area (Å²) in [5.74, 6) is 0.0362. The van der Waals surface area contributed by atoms with Gasteiger partial charge in [-0.3, -0.25) is 14.5 Å². The molecule has 0 saturated carbocycles. The molecule has 0 unspecified atom stereocenters. The van der Waals surface area contributed by atoms with E-state index in [2.05, 4.69) is 11.9 Å². The molecule has 1 heterocycles. The lowest BCUT2D eigenvalue weighted by atomic mass is 9.99. The quantitative estimate of drug-likeness (QED) is 0.629. The Labute approximate surface area is 158 Å². The Morgan fingerprint density at radius 2 is 1.74 bits per heavy atom. The van der Waals surface area contributed by atoms with E-state index in [-0.39, 0.29) is 24.1 Å². The van der Waals surface area contributed by atoms with Crippen molar-refractivity contribution in [3.05, 3.63) is 77.5 Å². The monoisotopic (exact) mass is 362 g/mol. The minimum absolute atomic E-state index is 0.166. The van der Waals surface area contributed by atoms with Crippen molar-refractivity contribution in [3.8, 4) is 5.75 Å². The van der Waals surface area contributed by atoms with Gasteiger partial charge in [0, 0.05) is 12.2 Å². The SMILES string of the molecule is C=CCN1C(=O)C(Nc2ccc(OC)cc2)=C(c2ccc(C)c(C)c2)C1=O. The smallest absolute Gasteiger partial charge is 0.278 e. The van der Waals surface area contributed by atoms with E-state index in [1.807, 2.05) is 32.0 Å². The first kappa shape index (κ1) is 18.5. The molecule has 0 aliphatic carbocycles. The van der Waals surface area contributed by atoms with Gasteiger partial charge in [0.1, 0.15) is 11.4 Å². The summed E-state index contributed by atoms with van der Waals surface area (Å²) < 4.78 is 5.16. The summed E-state index contributed by atoms with van der Waals surface area (Å²) in [5.41, 5.74) is 4.26. The van der Waals surface area contributed by atoms with E-state index in [4.69, 9.17) is 4.74 Å². The lowest BCUT2D eigenvalue weighted by molar-refractivity contribution is -0.136. The van der Waals surface area contributed by atoms with Crippen LogP contribution in [0.15, 0.2) is 60.8 Å². The van der Waals surface area contributed by atoms with Crippen molar-refractivity contribution >= 4 is 23.1 Å². The highest BCUT2D eigenvalue weighted by atomic mass is 16.5. The van der Waals surface area contributed by atoms with Crippen LogP contribution in [0.2, 0.25) is 0 Å². The van der Waals surface area contributed by atoms with Crippen LogP contribution >= 0.6 is 0 Å². The van der Waals surface area contributed by atoms with Gasteiger partial charge in [0.05, 0.1) is 12.7 Å². The predicted molar refractivity (Wildman–Crippen MR) is 106 cm³/mol. The lowest BCUT2D eigenvalue weighted by Gasteiger charge is -2.12. The molecule has 3 rings (SSSR count). The molecule has 0 fully saturated rings. The number of aryl methyl sites for hydroxylation is 2. The third-order valence-corrected chi connectivity index (χ3v) is 4.63. The van der Waals surface area contributed by atoms with Crippen LogP contribution in [-0.2, 0) is 9.59 Å². The Morgan fingerprint density at radius 1 is 1.04 bits per heavy atom. The number of nitrogens with one attached hydrogen (secondary N) is 1. The molecule has 5 heteroatoms. The third-order valence-electron chi connectivity index (χ3n) is 4.63. The van der Waals surface area contributed by atoms with Gasteiger partial charge in [-0.15, -0.1) is 6.58 Å². The van der Waals surface area contributed by atoms with Gasteiger partial charge in [-0.25, -0.2) is 0 Å². The summed E-state index contributed by atoms with van der Waals surface area (Å²) >= 11 is 0. The average Bonchev–Trinajstić information content (AvgIpc) is 2.89. The van der Waals surface area contributed by atoms with E-state index in [1.165, 1.54) is 4.90 Å². The van der Waals surface area contributed by atoms with Gasteiger partial charge in [0.2, 0.25) is 0 Å². The molecule has 2 aromatic rings. The highest BCUT2D eigenvalue weighted by molar-refractivity contribution is 6.36. The molecule has 0 bridgehead atoms. The Morgan fingerprint density at radius 3 is 2.33 bits per heavy atom. The number of hydrogen-bond donors (Lipinski definition) is 1. The molecule has 0 saturated heterocycles. The van der Waals surface area contributed by atoms with Crippen molar-refractivity contribution in [3.63, 3.8) is 0 Å². The highest BCUT2D eigenvalue weighted by Crippen LogP contribution is 2.31. The molecule has 1 aliphatic heterocycles. The van der Waals surface area contributed by atoms with Gasteiger partial charge in [0.25, 0.3) is 11.8 Å². The normalized spacial score (nSPS) is 14.0. The summed E-state index contributed by atoms with van der Waals surface area (Å²) in [6, 6.07) is 13.0. The van der Waals surface area contributed by atoms with Gasteiger partial charge in [-0.05, 0) is 54.8 Å². The molecular formula is C22H22N2O3. The maximum atomic E-state index is 12.9. The Bertz CT molecular complexity index is 943. The van der Waals surface area contributed by atoms with Crippen LogP contribution in [0, 0.1) is 13.8 Å². The van der Waals surface area contributed by atoms with Crippen LogP contribution in [-0.4, -0.2) is 30.4 Å². The van der Waals surface area contributed by atoms with Crippen molar-refractivity contribution in [2.75, 3.05) is 19.0 Å². The number of nitrogens with zero attached hydrogens (tertiary/aromatic N) is 1. The van der Waals surface area contributed by atoms with Crippen molar-refractivity contribution in [1.82, 2.24) is 4.90 Å². The topological polar surface area (TPSA) is 58.6 Å². The zero-order valence-electron chi connectivity index (χ0n) is 15.7. The molecule has 2 aromatic carbocycles.